The summed E-state index contributed by atoms with van der Waals surface area (Å²) in [6.45, 7) is 4.85. The van der Waals surface area contributed by atoms with Gasteiger partial charge in [0.25, 0.3) is 5.91 Å². The third kappa shape index (κ3) is 5.05. The van der Waals surface area contributed by atoms with Crippen LogP contribution in [0.3, 0.4) is 0 Å². The molecular formula is C24H28N2O5S2. The molecule has 0 radical (unpaired) electrons. The molecular weight excluding hydrogens is 460 g/mol. The average molecular weight is 489 g/mol. The monoisotopic (exact) mass is 488 g/mol. The third-order valence-electron chi connectivity index (χ3n) is 6.00. The highest BCUT2D eigenvalue weighted by Gasteiger charge is 2.33. The number of carbonyl (C=O) groups is 1. The van der Waals surface area contributed by atoms with Crippen molar-refractivity contribution in [3.8, 4) is 0 Å². The van der Waals surface area contributed by atoms with Crippen LogP contribution in [0.5, 0.6) is 0 Å². The third-order valence-corrected chi connectivity index (χ3v) is 9.29. The number of amides is 1. The lowest BCUT2D eigenvalue weighted by Crippen LogP contribution is -2.41. The number of aryl methyl sites for hydroxylation is 2. The lowest BCUT2D eigenvalue weighted by molar-refractivity contribution is 0.0983. The molecule has 1 amide bonds. The highest BCUT2D eigenvalue weighted by molar-refractivity contribution is 7.94. The number of benzene rings is 2. The first-order valence-electron chi connectivity index (χ1n) is 11.0. The minimum absolute atomic E-state index is 0.155. The van der Waals surface area contributed by atoms with Gasteiger partial charge in [-0.1, -0.05) is 12.5 Å². The molecule has 1 fully saturated rings. The first-order valence-corrected chi connectivity index (χ1v) is 14.2. The van der Waals surface area contributed by atoms with Crippen molar-refractivity contribution in [1.29, 1.82) is 0 Å². The molecule has 176 valence electrons. The molecule has 1 atom stereocenters. The van der Waals surface area contributed by atoms with E-state index in [1.165, 1.54) is 39.5 Å². The lowest BCUT2D eigenvalue weighted by atomic mass is 10.1. The summed E-state index contributed by atoms with van der Waals surface area (Å²) in [6, 6.07) is 11.0. The maximum absolute atomic E-state index is 13.6. The number of hydrogen-bond donors (Lipinski definition) is 0. The fourth-order valence-electron chi connectivity index (χ4n) is 4.43. The number of piperidine rings is 1. The fourth-order valence-corrected chi connectivity index (χ4v) is 7.22. The Balaban J connectivity index is 1.67. The van der Waals surface area contributed by atoms with Gasteiger partial charge in [0, 0.05) is 29.7 Å². The quantitative estimate of drug-likeness (QED) is 0.643. The minimum atomic E-state index is -3.60. The summed E-state index contributed by atoms with van der Waals surface area (Å²) < 4.78 is 51.5. The van der Waals surface area contributed by atoms with Crippen molar-refractivity contribution in [1.82, 2.24) is 4.31 Å². The van der Waals surface area contributed by atoms with E-state index in [1.54, 1.807) is 0 Å². The molecule has 4 rings (SSSR count). The van der Waals surface area contributed by atoms with Crippen molar-refractivity contribution < 1.29 is 21.6 Å². The summed E-state index contributed by atoms with van der Waals surface area (Å²) in [5.74, 6) is -0.568. The van der Waals surface area contributed by atoms with E-state index in [4.69, 9.17) is 0 Å². The topological polar surface area (TPSA) is 91.8 Å². The molecule has 2 aromatic rings. The zero-order valence-electron chi connectivity index (χ0n) is 18.8. The van der Waals surface area contributed by atoms with E-state index in [-0.39, 0.29) is 16.6 Å². The molecule has 1 saturated heterocycles. The van der Waals surface area contributed by atoms with Crippen LogP contribution < -0.4 is 4.90 Å². The molecule has 2 aliphatic rings. The Labute approximate surface area is 195 Å². The van der Waals surface area contributed by atoms with Crippen molar-refractivity contribution >= 4 is 31.5 Å². The zero-order chi connectivity index (χ0) is 23.8. The van der Waals surface area contributed by atoms with Gasteiger partial charge in [-0.15, -0.1) is 0 Å². The Morgan fingerprint density at radius 1 is 0.970 bits per heavy atom. The Bertz CT molecular complexity index is 1270. The van der Waals surface area contributed by atoms with E-state index in [1.807, 2.05) is 32.0 Å². The normalized spacial score (nSPS) is 20.6. The summed E-state index contributed by atoms with van der Waals surface area (Å²) in [5, 5.41) is 1.15. The van der Waals surface area contributed by atoms with Crippen molar-refractivity contribution in [2.24, 2.45) is 0 Å². The molecule has 0 saturated carbocycles. The molecule has 0 aliphatic carbocycles. The molecule has 9 heteroatoms. The number of hydrogen-bond acceptors (Lipinski definition) is 5. The highest BCUT2D eigenvalue weighted by atomic mass is 32.2. The van der Waals surface area contributed by atoms with Crippen LogP contribution in [-0.2, 0) is 19.9 Å². The van der Waals surface area contributed by atoms with E-state index in [2.05, 4.69) is 0 Å². The van der Waals surface area contributed by atoms with Crippen LogP contribution >= 0.6 is 0 Å². The maximum atomic E-state index is 13.6. The highest BCUT2D eigenvalue weighted by Crippen LogP contribution is 2.28. The fraction of sp³-hybridized carbons (Fsp3) is 0.375. The molecule has 2 aliphatic heterocycles. The van der Waals surface area contributed by atoms with E-state index in [0.29, 0.717) is 24.3 Å². The number of anilines is 1. The first kappa shape index (κ1) is 23.7. The van der Waals surface area contributed by atoms with Gasteiger partial charge in [0.1, 0.15) is 0 Å². The van der Waals surface area contributed by atoms with Crippen LogP contribution in [0.2, 0.25) is 0 Å². The lowest BCUT2D eigenvalue weighted by Gasteiger charge is -2.29. The number of rotatable bonds is 5. The number of sulfone groups is 1. The van der Waals surface area contributed by atoms with Crippen LogP contribution in [0.25, 0.3) is 0 Å². The summed E-state index contributed by atoms with van der Waals surface area (Å²) in [4.78, 5) is 15.2. The second kappa shape index (κ2) is 9.04. The van der Waals surface area contributed by atoms with Gasteiger partial charge in [0.05, 0.1) is 16.7 Å². The summed E-state index contributed by atoms with van der Waals surface area (Å²) in [7, 11) is -6.98. The standard InChI is InChI=1S/C24H28N2O5S2/c1-18-14-19(2)16-22(15-18)26(21-10-13-32(28,29)17-21)24(27)20-6-8-23(9-7-20)33(30,31)25-11-4-3-5-12-25/h6-10,13-16,21H,3-5,11-12,17H2,1-2H3. The molecule has 0 bridgehead atoms. The van der Waals surface area contributed by atoms with Crippen LogP contribution in [0.1, 0.15) is 40.7 Å². The smallest absolute Gasteiger partial charge is 0.258 e. The Morgan fingerprint density at radius 2 is 1.58 bits per heavy atom. The maximum Gasteiger partial charge on any atom is 0.258 e. The first-order chi connectivity index (χ1) is 15.6. The van der Waals surface area contributed by atoms with Crippen molar-refractivity contribution in [3.63, 3.8) is 0 Å². The molecule has 7 nitrogen and oxygen atoms in total. The van der Waals surface area contributed by atoms with E-state index >= 15 is 0 Å². The number of nitrogens with zero attached hydrogens (tertiary/aromatic N) is 2. The molecule has 33 heavy (non-hydrogen) atoms. The second-order valence-electron chi connectivity index (χ2n) is 8.74. The van der Waals surface area contributed by atoms with Gasteiger partial charge in [0.15, 0.2) is 9.84 Å². The number of carbonyl (C=O) groups excluding carboxylic acids is 1. The van der Waals surface area contributed by atoms with Crippen LogP contribution in [0.15, 0.2) is 58.8 Å². The van der Waals surface area contributed by atoms with Crippen LogP contribution in [0.4, 0.5) is 5.69 Å². The number of sulfonamides is 1. The Hall–Kier alpha value is -2.49. The van der Waals surface area contributed by atoms with E-state index in [0.717, 1.165) is 35.8 Å². The summed E-state index contributed by atoms with van der Waals surface area (Å²) in [5.41, 5.74) is 2.81. The van der Waals surface area contributed by atoms with Gasteiger partial charge in [-0.3, -0.25) is 4.79 Å². The second-order valence-corrected chi connectivity index (χ2v) is 12.6. The Morgan fingerprint density at radius 3 is 2.12 bits per heavy atom. The van der Waals surface area contributed by atoms with E-state index in [9.17, 15) is 21.6 Å². The van der Waals surface area contributed by atoms with Crippen molar-refractivity contribution in [3.05, 3.63) is 70.6 Å². The van der Waals surface area contributed by atoms with Gasteiger partial charge >= 0.3 is 0 Å². The predicted molar refractivity (Wildman–Crippen MR) is 128 cm³/mol. The van der Waals surface area contributed by atoms with Gasteiger partial charge < -0.3 is 4.90 Å². The molecule has 2 aromatic carbocycles. The molecule has 2 heterocycles. The van der Waals surface area contributed by atoms with Gasteiger partial charge in [0.2, 0.25) is 10.0 Å². The molecule has 1 unspecified atom stereocenters. The zero-order valence-corrected chi connectivity index (χ0v) is 20.4. The largest absolute Gasteiger partial charge is 0.300 e. The Kier molecular flexibility index (Phi) is 6.48. The van der Waals surface area contributed by atoms with Crippen LogP contribution in [-0.4, -0.2) is 51.9 Å². The van der Waals surface area contributed by atoms with Crippen molar-refractivity contribution in [2.45, 2.75) is 44.0 Å². The summed E-state index contributed by atoms with van der Waals surface area (Å²) in [6.07, 6.45) is 4.25. The summed E-state index contributed by atoms with van der Waals surface area (Å²) >= 11 is 0. The van der Waals surface area contributed by atoms with Gasteiger partial charge in [-0.05, 0) is 80.3 Å². The average Bonchev–Trinajstić information content (AvgIpc) is 3.13. The molecule has 0 aromatic heterocycles. The molecule has 0 spiro atoms. The van der Waals surface area contributed by atoms with E-state index < -0.39 is 25.9 Å². The van der Waals surface area contributed by atoms with Gasteiger partial charge in [-0.2, -0.15) is 4.31 Å². The predicted octanol–water partition coefficient (Wildman–Crippen LogP) is 3.44. The molecule has 0 N–H and O–H groups in total. The van der Waals surface area contributed by atoms with Crippen LogP contribution in [0, 0.1) is 13.8 Å². The van der Waals surface area contributed by atoms with Crippen molar-refractivity contribution in [2.75, 3.05) is 23.7 Å². The van der Waals surface area contributed by atoms with Gasteiger partial charge in [-0.25, -0.2) is 16.8 Å². The minimum Gasteiger partial charge on any atom is -0.300 e. The SMILES string of the molecule is Cc1cc(C)cc(N(C(=O)c2ccc(S(=O)(=O)N3CCCCC3)cc2)C2C=CS(=O)(=O)C2)c1.